The first-order chi connectivity index (χ1) is 11.2. The zero-order chi connectivity index (χ0) is 18.2. The van der Waals surface area contributed by atoms with Gasteiger partial charge >= 0.3 is 6.18 Å². The minimum absolute atomic E-state index is 0.0654. The van der Waals surface area contributed by atoms with Gasteiger partial charge in [-0.25, -0.2) is 0 Å². The molecule has 1 rings (SSSR count). The monoisotopic (exact) mass is 346 g/mol. The number of hydrogen-bond acceptors (Lipinski definition) is 3. The summed E-state index contributed by atoms with van der Waals surface area (Å²) in [7, 11) is 0. The minimum atomic E-state index is -4.39. The first-order valence-electron chi connectivity index (χ1n) is 7.48. The lowest BCUT2D eigenvalue weighted by atomic mass is 10.1. The highest BCUT2D eigenvalue weighted by atomic mass is 19.4. The molecule has 8 heteroatoms. The second kappa shape index (κ2) is 9.27. The molecule has 0 heterocycles. The first kappa shape index (κ1) is 20.0. The number of hydrogen-bond donors (Lipinski definition) is 2. The zero-order valence-corrected chi connectivity index (χ0v) is 13.6. The van der Waals surface area contributed by atoms with Crippen LogP contribution in [0.1, 0.15) is 25.8 Å². The van der Waals surface area contributed by atoms with Gasteiger partial charge in [0.1, 0.15) is 6.61 Å². The van der Waals surface area contributed by atoms with Gasteiger partial charge in [0.15, 0.2) is 0 Å². The molecule has 0 bridgehead atoms. The van der Waals surface area contributed by atoms with Crippen LogP contribution in [0.15, 0.2) is 24.3 Å². The number of benzene rings is 1. The smallest absolute Gasteiger partial charge is 0.372 e. The van der Waals surface area contributed by atoms with Crippen molar-refractivity contribution in [2.45, 2.75) is 38.9 Å². The number of carbonyl (C=O) groups is 2. The van der Waals surface area contributed by atoms with Gasteiger partial charge in [0.25, 0.3) is 0 Å². The Labute approximate surface area is 138 Å². The van der Waals surface area contributed by atoms with E-state index in [4.69, 9.17) is 0 Å². The van der Waals surface area contributed by atoms with Crippen LogP contribution in [0, 0.1) is 0 Å². The molecule has 5 nitrogen and oxygen atoms in total. The van der Waals surface area contributed by atoms with Gasteiger partial charge in [-0.1, -0.05) is 12.1 Å². The molecule has 24 heavy (non-hydrogen) atoms. The second-order valence-electron chi connectivity index (χ2n) is 5.56. The average Bonchev–Trinajstić information content (AvgIpc) is 2.44. The van der Waals surface area contributed by atoms with Crippen LogP contribution >= 0.6 is 0 Å². The van der Waals surface area contributed by atoms with E-state index in [0.29, 0.717) is 5.69 Å². The fourth-order valence-corrected chi connectivity index (χ4v) is 1.84. The van der Waals surface area contributed by atoms with Gasteiger partial charge < -0.3 is 15.4 Å². The molecule has 1 aromatic rings. The summed E-state index contributed by atoms with van der Waals surface area (Å²) in [5, 5.41) is 5.33. The molecule has 0 radical (unpaired) electrons. The Balaban J connectivity index is 2.35. The summed E-state index contributed by atoms with van der Waals surface area (Å²) >= 11 is 0. The Morgan fingerprint density at radius 1 is 1.12 bits per heavy atom. The van der Waals surface area contributed by atoms with Crippen molar-refractivity contribution in [3.63, 3.8) is 0 Å². The van der Waals surface area contributed by atoms with Crippen LogP contribution in [0.4, 0.5) is 18.9 Å². The third kappa shape index (κ3) is 9.14. The Kier molecular flexibility index (Phi) is 7.70. The SMILES string of the molecule is CC(C)NC(=O)Cc1ccc(NC(=O)CCOCC(F)(F)F)cc1. The third-order valence-corrected chi connectivity index (χ3v) is 2.79. The molecular weight excluding hydrogens is 325 g/mol. The number of anilines is 1. The molecule has 0 saturated heterocycles. The highest BCUT2D eigenvalue weighted by Crippen LogP contribution is 2.14. The quantitative estimate of drug-likeness (QED) is 0.711. The van der Waals surface area contributed by atoms with Crippen LogP contribution < -0.4 is 10.6 Å². The van der Waals surface area contributed by atoms with Gasteiger partial charge in [-0.3, -0.25) is 9.59 Å². The highest BCUT2D eigenvalue weighted by Gasteiger charge is 2.27. The summed E-state index contributed by atoms with van der Waals surface area (Å²) in [5.41, 5.74) is 1.29. The molecule has 134 valence electrons. The van der Waals surface area contributed by atoms with Crippen molar-refractivity contribution in [2.24, 2.45) is 0 Å². The summed E-state index contributed by atoms with van der Waals surface area (Å²) in [6.07, 6.45) is -4.33. The number of nitrogens with one attached hydrogen (secondary N) is 2. The maximum atomic E-state index is 11.9. The van der Waals surface area contributed by atoms with E-state index in [0.717, 1.165) is 5.56 Å². The number of carbonyl (C=O) groups excluding carboxylic acids is 2. The van der Waals surface area contributed by atoms with Crippen molar-refractivity contribution in [1.82, 2.24) is 5.32 Å². The van der Waals surface area contributed by atoms with Crippen molar-refractivity contribution in [3.8, 4) is 0 Å². The molecule has 1 aromatic carbocycles. The molecule has 0 aliphatic rings. The van der Waals surface area contributed by atoms with Gasteiger partial charge in [0, 0.05) is 11.7 Å². The summed E-state index contributed by atoms with van der Waals surface area (Å²) in [4.78, 5) is 23.2. The van der Waals surface area contributed by atoms with Crippen molar-refractivity contribution in [1.29, 1.82) is 0 Å². The molecule has 0 spiro atoms. The number of amides is 2. The predicted octanol–water partition coefficient (Wildman–Crippen LogP) is 2.66. The minimum Gasteiger partial charge on any atom is -0.372 e. The summed E-state index contributed by atoms with van der Waals surface area (Å²) in [6.45, 7) is 2.07. The molecule has 0 fully saturated rings. The largest absolute Gasteiger partial charge is 0.411 e. The standard InChI is InChI=1S/C16H21F3N2O3/c1-11(2)20-15(23)9-12-3-5-13(6-4-12)21-14(22)7-8-24-10-16(17,18)19/h3-6,11H,7-10H2,1-2H3,(H,20,23)(H,21,22). The number of ether oxygens (including phenoxy) is 1. The van der Waals surface area contributed by atoms with Gasteiger partial charge in [-0.2, -0.15) is 13.2 Å². The Morgan fingerprint density at radius 3 is 2.29 bits per heavy atom. The van der Waals surface area contributed by atoms with E-state index in [9.17, 15) is 22.8 Å². The van der Waals surface area contributed by atoms with E-state index < -0.39 is 18.7 Å². The van der Waals surface area contributed by atoms with Gasteiger partial charge in [0.05, 0.1) is 19.4 Å². The van der Waals surface area contributed by atoms with E-state index in [1.54, 1.807) is 24.3 Å². The van der Waals surface area contributed by atoms with E-state index >= 15 is 0 Å². The van der Waals surface area contributed by atoms with Crippen LogP contribution in [0.2, 0.25) is 0 Å². The lowest BCUT2D eigenvalue weighted by Crippen LogP contribution is -2.31. The molecular formula is C16H21F3N2O3. The van der Waals surface area contributed by atoms with Crippen molar-refractivity contribution >= 4 is 17.5 Å². The van der Waals surface area contributed by atoms with Crippen molar-refractivity contribution < 1.29 is 27.5 Å². The fourth-order valence-electron chi connectivity index (χ4n) is 1.84. The lowest BCUT2D eigenvalue weighted by Gasteiger charge is -2.10. The van der Waals surface area contributed by atoms with E-state index in [-0.39, 0.29) is 31.4 Å². The topological polar surface area (TPSA) is 67.4 Å². The van der Waals surface area contributed by atoms with Gasteiger partial charge in [-0.05, 0) is 31.5 Å². The Bertz CT molecular complexity index is 542. The van der Waals surface area contributed by atoms with Gasteiger partial charge in [-0.15, -0.1) is 0 Å². The van der Waals surface area contributed by atoms with Crippen LogP contribution in [0.5, 0.6) is 0 Å². The molecule has 0 atom stereocenters. The number of rotatable bonds is 8. The van der Waals surface area contributed by atoms with Crippen molar-refractivity contribution in [2.75, 3.05) is 18.5 Å². The predicted molar refractivity (Wildman–Crippen MR) is 83.5 cm³/mol. The summed E-state index contributed by atoms with van der Waals surface area (Å²) in [5.74, 6) is -0.536. The molecule has 2 N–H and O–H groups in total. The second-order valence-corrected chi connectivity index (χ2v) is 5.56. The maximum absolute atomic E-state index is 11.9. The zero-order valence-electron chi connectivity index (χ0n) is 13.6. The molecule has 0 aliphatic carbocycles. The van der Waals surface area contributed by atoms with Crippen LogP contribution in [-0.2, 0) is 20.7 Å². The van der Waals surface area contributed by atoms with E-state index in [1.165, 1.54) is 0 Å². The molecule has 0 aromatic heterocycles. The van der Waals surface area contributed by atoms with Gasteiger partial charge in [0.2, 0.25) is 11.8 Å². The maximum Gasteiger partial charge on any atom is 0.411 e. The molecule has 2 amide bonds. The average molecular weight is 346 g/mol. The van der Waals surface area contributed by atoms with E-state index in [1.807, 2.05) is 13.8 Å². The third-order valence-electron chi connectivity index (χ3n) is 2.79. The number of alkyl halides is 3. The Morgan fingerprint density at radius 2 is 1.75 bits per heavy atom. The molecule has 0 saturated carbocycles. The number of halogens is 3. The normalized spacial score (nSPS) is 11.4. The Hall–Kier alpha value is -2.09. The van der Waals surface area contributed by atoms with Crippen LogP contribution in [0.25, 0.3) is 0 Å². The van der Waals surface area contributed by atoms with Crippen LogP contribution in [0.3, 0.4) is 0 Å². The summed E-state index contributed by atoms with van der Waals surface area (Å²) < 4.78 is 40.0. The summed E-state index contributed by atoms with van der Waals surface area (Å²) in [6, 6.07) is 6.74. The lowest BCUT2D eigenvalue weighted by molar-refractivity contribution is -0.174. The van der Waals surface area contributed by atoms with Crippen LogP contribution in [-0.4, -0.2) is 37.2 Å². The van der Waals surface area contributed by atoms with E-state index in [2.05, 4.69) is 15.4 Å². The fraction of sp³-hybridized carbons (Fsp3) is 0.500. The van der Waals surface area contributed by atoms with Crippen molar-refractivity contribution in [3.05, 3.63) is 29.8 Å². The molecule has 0 aliphatic heterocycles. The molecule has 0 unspecified atom stereocenters. The first-order valence-corrected chi connectivity index (χ1v) is 7.48. The highest BCUT2D eigenvalue weighted by molar-refractivity contribution is 5.90.